The molecule has 3 heteroatoms. The molecule has 100 valence electrons. The highest BCUT2D eigenvalue weighted by Crippen LogP contribution is 2.26. The van der Waals surface area contributed by atoms with E-state index in [-0.39, 0.29) is 5.75 Å². The molecule has 0 saturated carbocycles. The third-order valence-corrected chi connectivity index (χ3v) is 2.81. The van der Waals surface area contributed by atoms with Crippen molar-refractivity contribution in [1.29, 1.82) is 0 Å². The fourth-order valence-electron chi connectivity index (χ4n) is 2.02. The van der Waals surface area contributed by atoms with Crippen molar-refractivity contribution in [3.8, 4) is 5.75 Å². The van der Waals surface area contributed by atoms with Gasteiger partial charge in [0.2, 0.25) is 0 Å². The first-order valence-corrected chi connectivity index (χ1v) is 6.24. The molecule has 0 radical (unpaired) electrons. The molecule has 0 atom stereocenters. The Morgan fingerprint density at radius 2 is 1.79 bits per heavy atom. The molecule has 0 bridgehead atoms. The molecule has 19 heavy (non-hydrogen) atoms. The maximum atomic E-state index is 13.7. The molecule has 2 aromatic carbocycles. The number of rotatable bonds is 4. The average molecular weight is 259 g/mol. The van der Waals surface area contributed by atoms with E-state index in [0.29, 0.717) is 12.1 Å². The Labute approximate surface area is 113 Å². The normalized spacial score (nSPS) is 11.3. The first-order chi connectivity index (χ1) is 8.96. The molecule has 0 aliphatic heterocycles. The molecule has 0 aromatic heterocycles. The molecule has 2 aromatic rings. The maximum absolute atomic E-state index is 13.7. The number of anilines is 1. The van der Waals surface area contributed by atoms with Crippen molar-refractivity contribution in [3.05, 3.63) is 59.9 Å². The van der Waals surface area contributed by atoms with Crippen LogP contribution in [0, 0.1) is 5.82 Å². The van der Waals surface area contributed by atoms with Crippen molar-refractivity contribution in [1.82, 2.24) is 0 Å². The monoisotopic (exact) mass is 259 g/mol. The van der Waals surface area contributed by atoms with Gasteiger partial charge in [0.25, 0.3) is 0 Å². The van der Waals surface area contributed by atoms with E-state index in [4.69, 9.17) is 10.5 Å². The third kappa shape index (κ3) is 3.71. The number of nitrogen functional groups attached to an aromatic ring is 1. The molecular weight excluding hydrogens is 241 g/mol. The largest absolute Gasteiger partial charge is 0.484 e. The van der Waals surface area contributed by atoms with Gasteiger partial charge < -0.3 is 10.5 Å². The first kappa shape index (κ1) is 13.4. The molecule has 0 heterocycles. The van der Waals surface area contributed by atoms with Crippen molar-refractivity contribution < 1.29 is 9.13 Å². The van der Waals surface area contributed by atoms with E-state index in [1.54, 1.807) is 12.1 Å². The van der Waals surface area contributed by atoms with E-state index in [9.17, 15) is 4.39 Å². The second-order valence-corrected chi connectivity index (χ2v) is 5.21. The minimum absolute atomic E-state index is 0.232. The second-order valence-electron chi connectivity index (χ2n) is 5.21. The maximum Gasteiger partial charge on any atom is 0.167 e. The van der Waals surface area contributed by atoms with E-state index in [0.717, 1.165) is 5.56 Å². The van der Waals surface area contributed by atoms with Gasteiger partial charge in [-0.1, -0.05) is 30.3 Å². The van der Waals surface area contributed by atoms with Gasteiger partial charge in [-0.25, -0.2) is 4.39 Å². The van der Waals surface area contributed by atoms with Crippen LogP contribution in [-0.4, -0.2) is 5.60 Å². The second kappa shape index (κ2) is 5.31. The molecule has 0 amide bonds. The van der Waals surface area contributed by atoms with E-state index in [1.807, 2.05) is 44.2 Å². The molecule has 0 aliphatic carbocycles. The zero-order valence-corrected chi connectivity index (χ0v) is 11.2. The van der Waals surface area contributed by atoms with Gasteiger partial charge >= 0.3 is 0 Å². The molecule has 2 rings (SSSR count). The van der Waals surface area contributed by atoms with Crippen molar-refractivity contribution in [2.24, 2.45) is 0 Å². The summed E-state index contributed by atoms with van der Waals surface area (Å²) < 4.78 is 19.5. The van der Waals surface area contributed by atoms with Gasteiger partial charge in [0.15, 0.2) is 11.6 Å². The Hall–Kier alpha value is -2.03. The molecule has 0 aliphatic rings. The Kier molecular flexibility index (Phi) is 3.74. The zero-order chi connectivity index (χ0) is 13.9. The molecule has 0 unspecified atom stereocenters. The quantitative estimate of drug-likeness (QED) is 0.847. The van der Waals surface area contributed by atoms with E-state index in [1.165, 1.54) is 6.07 Å². The topological polar surface area (TPSA) is 35.2 Å². The summed E-state index contributed by atoms with van der Waals surface area (Å²) in [6.07, 6.45) is 0.706. The van der Waals surface area contributed by atoms with Gasteiger partial charge in [-0.15, -0.1) is 0 Å². The van der Waals surface area contributed by atoms with Gasteiger partial charge in [-0.3, -0.25) is 0 Å². The number of hydrogen-bond acceptors (Lipinski definition) is 2. The highest BCUT2D eigenvalue weighted by Gasteiger charge is 2.22. The van der Waals surface area contributed by atoms with Crippen LogP contribution < -0.4 is 10.5 Å². The van der Waals surface area contributed by atoms with Gasteiger partial charge in [0, 0.05) is 18.2 Å². The number of nitrogens with two attached hydrogens (primary N) is 1. The third-order valence-electron chi connectivity index (χ3n) is 2.81. The zero-order valence-electron chi connectivity index (χ0n) is 11.2. The minimum Gasteiger partial charge on any atom is -0.484 e. The highest BCUT2D eigenvalue weighted by atomic mass is 19.1. The van der Waals surface area contributed by atoms with Crippen LogP contribution >= 0.6 is 0 Å². The summed E-state index contributed by atoms with van der Waals surface area (Å²) in [5.74, 6) is -0.198. The SMILES string of the molecule is CC(C)(Cc1ccccc1)Oc1ccc(N)cc1F. The summed E-state index contributed by atoms with van der Waals surface area (Å²) in [6, 6.07) is 14.5. The summed E-state index contributed by atoms with van der Waals surface area (Å²) in [5, 5.41) is 0. The van der Waals surface area contributed by atoms with Crippen LogP contribution in [0.1, 0.15) is 19.4 Å². The predicted molar refractivity (Wildman–Crippen MR) is 75.7 cm³/mol. The van der Waals surface area contributed by atoms with Gasteiger partial charge in [-0.05, 0) is 31.5 Å². The van der Waals surface area contributed by atoms with Gasteiger partial charge in [-0.2, -0.15) is 0 Å². The number of hydrogen-bond donors (Lipinski definition) is 1. The van der Waals surface area contributed by atoms with Crippen molar-refractivity contribution >= 4 is 5.69 Å². The van der Waals surface area contributed by atoms with Crippen LogP contribution in [0.5, 0.6) is 5.75 Å². The molecular formula is C16H18FNO. The van der Waals surface area contributed by atoms with Crippen LogP contribution in [0.4, 0.5) is 10.1 Å². The van der Waals surface area contributed by atoms with E-state index >= 15 is 0 Å². The average Bonchev–Trinajstić information content (AvgIpc) is 2.33. The fraction of sp³-hybridized carbons (Fsp3) is 0.250. The predicted octanol–water partition coefficient (Wildman–Crippen LogP) is 3.81. The Balaban J connectivity index is 2.12. The van der Waals surface area contributed by atoms with Crippen molar-refractivity contribution in [2.75, 3.05) is 5.73 Å². The first-order valence-electron chi connectivity index (χ1n) is 6.24. The molecule has 2 N–H and O–H groups in total. The summed E-state index contributed by atoms with van der Waals surface area (Å²) in [4.78, 5) is 0. The summed E-state index contributed by atoms with van der Waals surface area (Å²) >= 11 is 0. The van der Waals surface area contributed by atoms with Crippen molar-refractivity contribution in [2.45, 2.75) is 25.9 Å². The number of ether oxygens (including phenoxy) is 1. The molecule has 2 nitrogen and oxygen atoms in total. The molecule has 0 spiro atoms. The van der Waals surface area contributed by atoms with Crippen LogP contribution in [0.25, 0.3) is 0 Å². The summed E-state index contributed by atoms with van der Waals surface area (Å²) in [5.41, 5.74) is 6.58. The highest BCUT2D eigenvalue weighted by molar-refractivity contribution is 5.43. The summed E-state index contributed by atoms with van der Waals surface area (Å²) in [6.45, 7) is 3.88. The Morgan fingerprint density at radius 3 is 2.42 bits per heavy atom. The van der Waals surface area contributed by atoms with Gasteiger partial charge in [0.1, 0.15) is 5.60 Å². The van der Waals surface area contributed by atoms with Crippen LogP contribution in [0.15, 0.2) is 48.5 Å². The number of halogens is 1. The lowest BCUT2D eigenvalue weighted by Gasteiger charge is -2.27. The lowest BCUT2D eigenvalue weighted by atomic mass is 9.98. The number of benzene rings is 2. The van der Waals surface area contributed by atoms with Crippen molar-refractivity contribution in [3.63, 3.8) is 0 Å². The van der Waals surface area contributed by atoms with E-state index < -0.39 is 11.4 Å². The molecule has 0 saturated heterocycles. The van der Waals surface area contributed by atoms with Crippen LogP contribution in [0.3, 0.4) is 0 Å². The molecule has 0 fully saturated rings. The summed E-state index contributed by atoms with van der Waals surface area (Å²) in [7, 11) is 0. The lowest BCUT2D eigenvalue weighted by Crippen LogP contribution is -2.31. The minimum atomic E-state index is -0.488. The Morgan fingerprint density at radius 1 is 1.11 bits per heavy atom. The lowest BCUT2D eigenvalue weighted by molar-refractivity contribution is 0.104. The van der Waals surface area contributed by atoms with Gasteiger partial charge in [0.05, 0.1) is 0 Å². The van der Waals surface area contributed by atoms with Crippen LogP contribution in [0.2, 0.25) is 0 Å². The van der Waals surface area contributed by atoms with E-state index in [2.05, 4.69) is 0 Å². The fourth-order valence-corrected chi connectivity index (χ4v) is 2.02. The van der Waals surface area contributed by atoms with Crippen LogP contribution in [-0.2, 0) is 6.42 Å². The standard InChI is InChI=1S/C16H18FNO/c1-16(2,11-12-6-4-3-5-7-12)19-15-9-8-13(18)10-14(15)17/h3-10H,11,18H2,1-2H3. The smallest absolute Gasteiger partial charge is 0.167 e. The Bertz CT molecular complexity index is 552.